The molecule has 0 radical (unpaired) electrons. The lowest BCUT2D eigenvalue weighted by Crippen LogP contribution is -2.01. The fourth-order valence-corrected chi connectivity index (χ4v) is 1.77. The molecule has 0 fully saturated rings. The van der Waals surface area contributed by atoms with Crippen LogP contribution in [-0.2, 0) is 0 Å². The Labute approximate surface area is 89.9 Å². The minimum atomic E-state index is -0.411. The van der Waals surface area contributed by atoms with Crippen LogP contribution in [0, 0.1) is 5.82 Å². The monoisotopic (exact) mass is 214 g/mol. The maximum Gasteiger partial charge on any atom is 0.200 e. The normalized spacial score (nSPS) is 11.1. The van der Waals surface area contributed by atoms with Crippen LogP contribution < -0.4 is 5.43 Å². The summed E-state index contributed by atoms with van der Waals surface area (Å²) in [5.74, 6) is -0.411. The number of halogens is 1. The lowest BCUT2D eigenvalue weighted by molar-refractivity contribution is 0.615. The summed E-state index contributed by atoms with van der Waals surface area (Å²) in [7, 11) is 0. The fourth-order valence-electron chi connectivity index (χ4n) is 1.77. The Morgan fingerprint density at radius 2 is 1.69 bits per heavy atom. The predicted molar refractivity (Wildman–Crippen MR) is 59.9 cm³/mol. The summed E-state index contributed by atoms with van der Waals surface area (Å²) < 4.78 is 18.5. The van der Waals surface area contributed by atoms with Crippen LogP contribution in [-0.4, -0.2) is 0 Å². The van der Waals surface area contributed by atoms with Gasteiger partial charge in [0.05, 0.1) is 10.8 Å². The van der Waals surface area contributed by atoms with Gasteiger partial charge in [-0.1, -0.05) is 12.1 Å². The first-order valence-electron chi connectivity index (χ1n) is 4.87. The van der Waals surface area contributed by atoms with Crippen molar-refractivity contribution in [2.24, 2.45) is 0 Å². The molecule has 0 aliphatic heterocycles. The lowest BCUT2D eigenvalue weighted by atomic mass is 10.1. The van der Waals surface area contributed by atoms with Gasteiger partial charge in [0.1, 0.15) is 17.0 Å². The molecule has 3 aromatic rings. The zero-order chi connectivity index (χ0) is 11.1. The smallest absolute Gasteiger partial charge is 0.200 e. The first-order valence-corrected chi connectivity index (χ1v) is 4.87. The summed E-state index contributed by atoms with van der Waals surface area (Å²) in [5.41, 5.74) is 0.631. The van der Waals surface area contributed by atoms with Crippen LogP contribution in [0.4, 0.5) is 4.39 Å². The van der Waals surface area contributed by atoms with Gasteiger partial charge < -0.3 is 4.42 Å². The predicted octanol–water partition coefficient (Wildman–Crippen LogP) is 3.09. The molecule has 0 aliphatic carbocycles. The SMILES string of the molecule is O=c1c2ccccc2oc2cc(F)ccc12. The minimum absolute atomic E-state index is 0.128. The van der Waals surface area contributed by atoms with Crippen molar-refractivity contribution in [3.05, 3.63) is 58.5 Å². The van der Waals surface area contributed by atoms with Gasteiger partial charge in [-0.2, -0.15) is 0 Å². The average Bonchev–Trinajstić information content (AvgIpc) is 2.29. The second kappa shape index (κ2) is 3.17. The topological polar surface area (TPSA) is 30.2 Å². The third kappa shape index (κ3) is 1.21. The molecule has 0 bridgehead atoms. The highest BCUT2D eigenvalue weighted by molar-refractivity contribution is 5.89. The van der Waals surface area contributed by atoms with Gasteiger partial charge >= 0.3 is 0 Å². The molecular weight excluding hydrogens is 207 g/mol. The molecule has 1 heterocycles. The van der Waals surface area contributed by atoms with E-state index < -0.39 is 5.82 Å². The van der Waals surface area contributed by atoms with Crippen molar-refractivity contribution in [3.8, 4) is 0 Å². The summed E-state index contributed by atoms with van der Waals surface area (Å²) in [5, 5.41) is 0.918. The molecule has 2 aromatic carbocycles. The Hall–Kier alpha value is -2.16. The van der Waals surface area contributed by atoms with E-state index in [4.69, 9.17) is 4.42 Å². The zero-order valence-corrected chi connectivity index (χ0v) is 8.24. The molecule has 3 rings (SSSR count). The van der Waals surface area contributed by atoms with E-state index >= 15 is 0 Å². The van der Waals surface area contributed by atoms with Crippen LogP contribution in [0.15, 0.2) is 51.7 Å². The van der Waals surface area contributed by atoms with Crippen LogP contribution >= 0.6 is 0 Å². The van der Waals surface area contributed by atoms with Crippen LogP contribution in [0.2, 0.25) is 0 Å². The number of rotatable bonds is 0. The standard InChI is InChI=1S/C13H7FO2/c14-8-5-6-10-12(7-8)16-11-4-2-1-3-9(11)13(10)15/h1-7H. The van der Waals surface area contributed by atoms with E-state index in [9.17, 15) is 9.18 Å². The van der Waals surface area contributed by atoms with E-state index in [0.29, 0.717) is 16.4 Å². The van der Waals surface area contributed by atoms with Gasteiger partial charge in [0.2, 0.25) is 5.43 Å². The largest absolute Gasteiger partial charge is 0.456 e. The minimum Gasteiger partial charge on any atom is -0.456 e. The molecule has 16 heavy (non-hydrogen) atoms. The summed E-state index contributed by atoms with van der Waals surface area (Å²) in [4.78, 5) is 12.0. The maximum absolute atomic E-state index is 13.0. The average molecular weight is 214 g/mol. The zero-order valence-electron chi connectivity index (χ0n) is 8.24. The van der Waals surface area contributed by atoms with E-state index in [1.54, 1.807) is 24.3 Å². The number of para-hydroxylation sites is 1. The Morgan fingerprint density at radius 1 is 0.938 bits per heavy atom. The van der Waals surface area contributed by atoms with Gasteiger partial charge in [-0.3, -0.25) is 4.79 Å². The first kappa shape index (κ1) is 9.09. The van der Waals surface area contributed by atoms with E-state index in [2.05, 4.69) is 0 Å². The van der Waals surface area contributed by atoms with Gasteiger partial charge in [0, 0.05) is 6.07 Å². The van der Waals surface area contributed by atoms with Gasteiger partial charge in [0.15, 0.2) is 0 Å². The molecule has 0 spiro atoms. The van der Waals surface area contributed by atoms with E-state index in [-0.39, 0.29) is 11.0 Å². The fraction of sp³-hybridized carbons (Fsp3) is 0. The molecule has 0 unspecified atom stereocenters. The quantitative estimate of drug-likeness (QED) is 0.538. The third-order valence-electron chi connectivity index (χ3n) is 2.54. The molecule has 1 aromatic heterocycles. The molecule has 3 heteroatoms. The van der Waals surface area contributed by atoms with Crippen LogP contribution in [0.3, 0.4) is 0 Å². The Balaban J connectivity index is 2.61. The summed E-state index contributed by atoms with van der Waals surface area (Å²) in [6, 6.07) is 10.9. The number of fused-ring (bicyclic) bond motifs is 2. The van der Waals surface area contributed by atoms with Crippen molar-refractivity contribution >= 4 is 21.9 Å². The van der Waals surface area contributed by atoms with E-state index in [0.717, 1.165) is 0 Å². The highest BCUT2D eigenvalue weighted by atomic mass is 19.1. The van der Waals surface area contributed by atoms with E-state index in [1.807, 2.05) is 0 Å². The van der Waals surface area contributed by atoms with Gasteiger partial charge in [-0.15, -0.1) is 0 Å². The molecule has 0 atom stereocenters. The van der Waals surface area contributed by atoms with Gasteiger partial charge in [-0.05, 0) is 24.3 Å². The molecular formula is C13H7FO2. The molecule has 0 saturated heterocycles. The van der Waals surface area contributed by atoms with Crippen molar-refractivity contribution < 1.29 is 8.81 Å². The molecule has 78 valence electrons. The first-order chi connectivity index (χ1) is 7.75. The number of benzene rings is 2. The van der Waals surface area contributed by atoms with E-state index in [1.165, 1.54) is 18.2 Å². The highest BCUT2D eigenvalue weighted by Gasteiger charge is 2.07. The number of hydrogen-bond acceptors (Lipinski definition) is 2. The van der Waals surface area contributed by atoms with Crippen LogP contribution in [0.1, 0.15) is 0 Å². The van der Waals surface area contributed by atoms with Crippen molar-refractivity contribution in [3.63, 3.8) is 0 Å². The second-order valence-corrected chi connectivity index (χ2v) is 3.57. The molecule has 2 nitrogen and oxygen atoms in total. The summed E-state index contributed by atoms with van der Waals surface area (Å²) >= 11 is 0. The number of hydrogen-bond donors (Lipinski definition) is 0. The third-order valence-corrected chi connectivity index (χ3v) is 2.54. The highest BCUT2D eigenvalue weighted by Crippen LogP contribution is 2.18. The second-order valence-electron chi connectivity index (χ2n) is 3.57. The maximum atomic E-state index is 13.0. The van der Waals surface area contributed by atoms with Gasteiger partial charge in [0.25, 0.3) is 0 Å². The van der Waals surface area contributed by atoms with Crippen molar-refractivity contribution in [2.45, 2.75) is 0 Å². The summed E-state index contributed by atoms with van der Waals surface area (Å²) in [6.45, 7) is 0. The molecule has 0 saturated carbocycles. The van der Waals surface area contributed by atoms with Gasteiger partial charge in [-0.25, -0.2) is 4.39 Å². The molecule has 0 N–H and O–H groups in total. The molecule has 0 aliphatic rings. The van der Waals surface area contributed by atoms with Crippen LogP contribution in [0.25, 0.3) is 21.9 Å². The van der Waals surface area contributed by atoms with Crippen molar-refractivity contribution in [1.82, 2.24) is 0 Å². The Morgan fingerprint density at radius 3 is 2.56 bits per heavy atom. The molecule has 0 amide bonds. The van der Waals surface area contributed by atoms with Crippen molar-refractivity contribution in [1.29, 1.82) is 0 Å². The Kier molecular flexibility index (Phi) is 1.80. The van der Waals surface area contributed by atoms with Crippen molar-refractivity contribution in [2.75, 3.05) is 0 Å². The summed E-state index contributed by atoms with van der Waals surface area (Å²) in [6.07, 6.45) is 0. The lowest BCUT2D eigenvalue weighted by Gasteiger charge is -2.00. The van der Waals surface area contributed by atoms with Crippen LogP contribution in [0.5, 0.6) is 0 Å². The Bertz CT molecular complexity index is 744.